The first-order valence-electron chi connectivity index (χ1n) is 21.5. The van der Waals surface area contributed by atoms with Crippen molar-refractivity contribution in [3.8, 4) is 0 Å². The molecule has 0 unspecified atom stereocenters. The second-order valence-corrected chi connectivity index (χ2v) is 18.6. The molecule has 14 heteroatoms. The van der Waals surface area contributed by atoms with Crippen LogP contribution in [0.3, 0.4) is 0 Å². The predicted molar refractivity (Wildman–Crippen MR) is 221 cm³/mol. The first-order valence-corrected chi connectivity index (χ1v) is 21.5. The van der Waals surface area contributed by atoms with Gasteiger partial charge in [-0.05, 0) is 87.3 Å². The average molecular weight is 838 g/mol. The van der Waals surface area contributed by atoms with E-state index in [1.807, 2.05) is 35.4 Å². The number of hydroxylamine groups is 2. The molecule has 1 aromatic rings. The monoisotopic (exact) mass is 837 g/mol. The number of aliphatic hydroxyl groups excluding tert-OH is 1. The number of amides is 2. The van der Waals surface area contributed by atoms with Crippen molar-refractivity contribution in [1.82, 2.24) is 15.7 Å². The fraction of sp³-hybridized carbons (Fsp3) is 0.652. The highest BCUT2D eigenvalue weighted by Crippen LogP contribution is 2.70. The predicted octanol–water partition coefficient (Wildman–Crippen LogP) is 4.62. The van der Waals surface area contributed by atoms with Crippen molar-refractivity contribution < 1.29 is 53.2 Å². The van der Waals surface area contributed by atoms with Crippen molar-refractivity contribution >= 4 is 23.6 Å². The van der Waals surface area contributed by atoms with Crippen molar-refractivity contribution in [3.05, 3.63) is 71.8 Å². The van der Waals surface area contributed by atoms with Gasteiger partial charge in [0, 0.05) is 42.5 Å². The van der Waals surface area contributed by atoms with Gasteiger partial charge in [-0.3, -0.25) is 19.2 Å². The van der Waals surface area contributed by atoms with Crippen molar-refractivity contribution in [2.75, 3.05) is 39.5 Å². The number of carbonyl (C=O) groups excluding carboxylic acids is 3. The highest BCUT2D eigenvalue weighted by molar-refractivity contribution is 6.01. The molecule has 1 aromatic carbocycles. The molecule has 5 N–H and O–H groups in total. The van der Waals surface area contributed by atoms with Crippen LogP contribution in [0.1, 0.15) is 85.1 Å². The zero-order chi connectivity index (χ0) is 43.5. The van der Waals surface area contributed by atoms with Gasteiger partial charge in [-0.2, -0.15) is 5.06 Å². The number of ketones is 1. The van der Waals surface area contributed by atoms with Gasteiger partial charge in [0.15, 0.2) is 17.1 Å². The van der Waals surface area contributed by atoms with Crippen molar-refractivity contribution in [2.45, 2.75) is 115 Å². The lowest BCUT2D eigenvalue weighted by Crippen LogP contribution is -2.70. The molecule has 0 spiro atoms. The molecule has 330 valence electrons. The summed E-state index contributed by atoms with van der Waals surface area (Å²) in [7, 11) is 0. The van der Waals surface area contributed by atoms with E-state index in [0.29, 0.717) is 50.1 Å². The van der Waals surface area contributed by atoms with E-state index in [1.54, 1.807) is 32.9 Å². The van der Waals surface area contributed by atoms with Crippen LogP contribution in [-0.2, 0) is 40.0 Å². The summed E-state index contributed by atoms with van der Waals surface area (Å²) >= 11 is 0. The third-order valence-corrected chi connectivity index (χ3v) is 14.4. The summed E-state index contributed by atoms with van der Waals surface area (Å²) in [4.78, 5) is 56.3. The molecule has 4 aliphatic carbocycles. The average Bonchev–Trinajstić information content (AvgIpc) is 3.62. The smallest absolute Gasteiger partial charge is 0.327 e. The second-order valence-electron chi connectivity index (χ2n) is 18.6. The standard InChI is InChI=1S/C46H64FN3O10/c1-30(2)24-44(16-9-12-40(54)55)25-35(60-50(44)28-32-10-7-6-8-11-32)27-49-39(53)29-59-21-20-58-19-18-48-41(56)46(57)31(3)22-37-36-14-13-33-23-34(51)15-17-42(33,4)45(36,47)38(52)26-43(37,46)5/h6-12,15,17,23,30-31,35-38,52,57H,13-14,16,18-22,24-29H2,1-5H3,(H,48,56)(H,49,53)(H,54,55)/b12-9+/t31-,35-,36+,37+,38+,42+,43+,44-,45+,46+/m1/s1. The Labute approximate surface area is 352 Å². The second kappa shape index (κ2) is 18.3. The molecular formula is C46H64FN3O10. The number of carboxylic acid groups (broad SMARTS) is 1. The number of hydrogen-bond donors (Lipinski definition) is 5. The number of rotatable bonds is 18. The van der Waals surface area contributed by atoms with Crippen LogP contribution in [-0.4, -0.2) is 112 Å². The number of carbonyl (C=O) groups is 4. The molecule has 6 rings (SSSR count). The van der Waals surface area contributed by atoms with Crippen molar-refractivity contribution in [2.24, 2.45) is 34.5 Å². The quantitative estimate of drug-likeness (QED) is 0.103. The number of allylic oxidation sites excluding steroid dienone is 4. The van der Waals surface area contributed by atoms with Crippen molar-refractivity contribution in [3.63, 3.8) is 0 Å². The van der Waals surface area contributed by atoms with Crippen LogP contribution in [0, 0.1) is 34.5 Å². The minimum Gasteiger partial charge on any atom is -0.478 e. The fourth-order valence-corrected chi connectivity index (χ4v) is 11.6. The van der Waals surface area contributed by atoms with E-state index in [-0.39, 0.29) is 69.7 Å². The third kappa shape index (κ3) is 8.65. The minimum absolute atomic E-state index is 0.101. The Hall–Kier alpha value is -3.79. The summed E-state index contributed by atoms with van der Waals surface area (Å²) in [6.07, 6.45) is 8.62. The third-order valence-electron chi connectivity index (χ3n) is 14.4. The Morgan fingerprint density at radius 2 is 1.80 bits per heavy atom. The Kier molecular flexibility index (Phi) is 13.9. The van der Waals surface area contributed by atoms with E-state index < -0.39 is 57.5 Å². The zero-order valence-corrected chi connectivity index (χ0v) is 35.7. The number of carboxylic acids is 1. The summed E-state index contributed by atoms with van der Waals surface area (Å²) in [5.41, 5.74) is -4.84. The molecule has 0 radical (unpaired) electrons. The van der Waals surface area contributed by atoms with Crippen molar-refractivity contribution in [1.29, 1.82) is 0 Å². The number of alkyl halides is 1. The normalized spacial score (nSPS) is 36.2. The van der Waals surface area contributed by atoms with Gasteiger partial charge in [0.05, 0.1) is 37.6 Å². The minimum atomic E-state index is -2.05. The topological polar surface area (TPSA) is 184 Å². The van der Waals surface area contributed by atoms with Gasteiger partial charge in [0.2, 0.25) is 5.91 Å². The van der Waals surface area contributed by atoms with E-state index in [0.717, 1.165) is 18.1 Å². The first kappa shape index (κ1) is 45.7. The summed E-state index contributed by atoms with van der Waals surface area (Å²) < 4.78 is 28.6. The Morgan fingerprint density at radius 3 is 2.52 bits per heavy atom. The highest BCUT2D eigenvalue weighted by Gasteiger charge is 2.75. The molecule has 1 saturated heterocycles. The molecule has 1 heterocycles. The Balaban J connectivity index is 0.933. The van der Waals surface area contributed by atoms with Gasteiger partial charge in [-0.25, -0.2) is 9.18 Å². The van der Waals surface area contributed by atoms with E-state index in [9.17, 15) is 34.5 Å². The van der Waals surface area contributed by atoms with Crippen LogP contribution in [0.15, 0.2) is 66.3 Å². The summed E-state index contributed by atoms with van der Waals surface area (Å²) in [6, 6.07) is 9.91. The lowest BCUT2D eigenvalue weighted by Gasteiger charge is -2.62. The molecule has 4 fully saturated rings. The fourth-order valence-electron chi connectivity index (χ4n) is 11.6. The molecule has 2 amide bonds. The van der Waals surface area contributed by atoms with Gasteiger partial charge in [-0.15, -0.1) is 0 Å². The van der Waals surface area contributed by atoms with Crippen LogP contribution in [0.4, 0.5) is 4.39 Å². The number of hydrogen-bond acceptors (Lipinski definition) is 10. The van der Waals surface area contributed by atoms with E-state index in [1.165, 1.54) is 12.2 Å². The maximum Gasteiger partial charge on any atom is 0.327 e. The zero-order valence-electron chi connectivity index (χ0n) is 35.7. The van der Waals surface area contributed by atoms with E-state index in [2.05, 4.69) is 24.5 Å². The van der Waals surface area contributed by atoms with Crippen LogP contribution in [0.25, 0.3) is 0 Å². The van der Waals surface area contributed by atoms with E-state index in [4.69, 9.17) is 14.3 Å². The highest BCUT2D eigenvalue weighted by atomic mass is 19.1. The maximum absolute atomic E-state index is 17.4. The number of nitrogens with one attached hydrogen (secondary N) is 2. The number of benzene rings is 1. The molecule has 13 nitrogen and oxygen atoms in total. The lowest BCUT2D eigenvalue weighted by atomic mass is 9.44. The number of aliphatic carboxylic acids is 1. The number of ether oxygens (including phenoxy) is 2. The largest absolute Gasteiger partial charge is 0.478 e. The molecule has 5 aliphatic rings. The molecule has 3 saturated carbocycles. The number of fused-ring (bicyclic) bond motifs is 5. The number of aliphatic hydroxyl groups is 2. The molecule has 0 aromatic heterocycles. The lowest BCUT2D eigenvalue weighted by molar-refractivity contribution is -0.219. The molecule has 0 bridgehead atoms. The summed E-state index contributed by atoms with van der Waals surface area (Å²) in [5.74, 6) is -3.24. The first-order chi connectivity index (χ1) is 28.4. The Bertz CT molecular complexity index is 1840. The number of nitrogens with zero attached hydrogens (tertiary/aromatic N) is 1. The van der Waals surface area contributed by atoms with Crippen LogP contribution in [0.5, 0.6) is 0 Å². The van der Waals surface area contributed by atoms with E-state index >= 15 is 4.39 Å². The van der Waals surface area contributed by atoms with Gasteiger partial charge in [-0.1, -0.05) is 75.8 Å². The van der Waals surface area contributed by atoms with Crippen LogP contribution >= 0.6 is 0 Å². The molecule has 1 aliphatic heterocycles. The van der Waals surface area contributed by atoms with Gasteiger partial charge in [0.25, 0.3) is 5.91 Å². The molecule has 60 heavy (non-hydrogen) atoms. The van der Waals surface area contributed by atoms with Gasteiger partial charge in [0.1, 0.15) is 6.61 Å². The SMILES string of the molecule is CC(C)C[C@]1(C/C=C/C(=O)O)C[C@H](CNC(=O)COCCOCCNC(=O)[C@@]2(O)[C@H](C)C[C@H]3[C@@H]4CCC5=CC(=O)C=C[C@]5(C)[C@@]4(F)[C@@H](O)C[C@@]32C)ON1Cc1ccccc1. The summed E-state index contributed by atoms with van der Waals surface area (Å²) in [6.45, 7) is 10.7. The Morgan fingerprint density at radius 1 is 1.07 bits per heavy atom. The number of halogens is 1. The molecular weight excluding hydrogens is 774 g/mol. The molecule has 10 atom stereocenters. The van der Waals surface area contributed by atoms with Gasteiger partial charge >= 0.3 is 5.97 Å². The van der Waals surface area contributed by atoms with Gasteiger partial charge < -0.3 is 35.4 Å². The summed E-state index contributed by atoms with van der Waals surface area (Å²) in [5, 5.41) is 40.6. The maximum atomic E-state index is 17.4. The van der Waals surface area contributed by atoms with Crippen LogP contribution < -0.4 is 10.6 Å². The van der Waals surface area contributed by atoms with Crippen LogP contribution in [0.2, 0.25) is 0 Å².